The van der Waals surface area contributed by atoms with Crippen molar-refractivity contribution < 1.29 is 18.0 Å². The molecule has 9 heteroatoms. The van der Waals surface area contributed by atoms with E-state index in [2.05, 4.69) is 5.32 Å². The van der Waals surface area contributed by atoms with E-state index in [4.69, 9.17) is 11.6 Å². The molecule has 2 aromatic carbocycles. The number of carbonyl (C=O) groups excluding carboxylic acids is 2. The fourth-order valence-corrected chi connectivity index (χ4v) is 5.83. The minimum atomic E-state index is -3.48. The van der Waals surface area contributed by atoms with Crippen LogP contribution < -0.4 is 5.32 Å². The van der Waals surface area contributed by atoms with Crippen molar-refractivity contribution in [3.8, 4) is 0 Å². The molecule has 2 aliphatic heterocycles. The molecule has 2 heterocycles. The fraction of sp³-hybridized carbons (Fsp3) is 0.391. The first-order valence-electron chi connectivity index (χ1n) is 10.8. The molecule has 4 rings (SSSR count). The molecule has 7 nitrogen and oxygen atoms in total. The highest BCUT2D eigenvalue weighted by Gasteiger charge is 2.30. The Labute approximate surface area is 193 Å². The van der Waals surface area contributed by atoms with Gasteiger partial charge in [0.2, 0.25) is 15.9 Å². The molecule has 0 spiro atoms. The van der Waals surface area contributed by atoms with Gasteiger partial charge in [-0.1, -0.05) is 11.6 Å². The van der Waals surface area contributed by atoms with E-state index in [1.807, 2.05) is 0 Å². The third-order valence-electron chi connectivity index (χ3n) is 6.00. The number of nitrogens with zero attached hydrogens (tertiary/aromatic N) is 2. The van der Waals surface area contributed by atoms with E-state index in [1.165, 1.54) is 16.4 Å². The average molecular weight is 476 g/mol. The van der Waals surface area contributed by atoms with E-state index in [9.17, 15) is 18.0 Å². The third kappa shape index (κ3) is 4.98. The topological polar surface area (TPSA) is 86.8 Å². The molecule has 170 valence electrons. The van der Waals surface area contributed by atoms with Gasteiger partial charge >= 0.3 is 0 Å². The molecule has 0 unspecified atom stereocenters. The lowest BCUT2D eigenvalue weighted by Gasteiger charge is -2.32. The van der Waals surface area contributed by atoms with Gasteiger partial charge in [-0.2, -0.15) is 4.31 Å². The summed E-state index contributed by atoms with van der Waals surface area (Å²) in [5.41, 5.74) is 1.08. The van der Waals surface area contributed by atoms with E-state index in [0.717, 1.165) is 19.3 Å². The van der Waals surface area contributed by atoms with Gasteiger partial charge in [-0.25, -0.2) is 8.42 Å². The lowest BCUT2D eigenvalue weighted by Crippen LogP contribution is -2.43. The molecule has 0 bridgehead atoms. The zero-order valence-electron chi connectivity index (χ0n) is 17.7. The summed E-state index contributed by atoms with van der Waals surface area (Å²) in [5.74, 6) is -0.614. The van der Waals surface area contributed by atoms with Crippen LogP contribution in [0.1, 0.15) is 36.0 Å². The van der Waals surface area contributed by atoms with Gasteiger partial charge < -0.3 is 10.2 Å². The number of anilines is 1. The number of amides is 2. The maximum Gasteiger partial charge on any atom is 0.253 e. The highest BCUT2D eigenvalue weighted by atomic mass is 35.5. The summed E-state index contributed by atoms with van der Waals surface area (Å²) in [6.45, 7) is 2.05. The quantitative estimate of drug-likeness (QED) is 0.715. The van der Waals surface area contributed by atoms with Crippen LogP contribution in [0.5, 0.6) is 0 Å². The van der Waals surface area contributed by atoms with Crippen LogP contribution in [0, 0.1) is 5.92 Å². The first-order chi connectivity index (χ1) is 15.3. The Bertz CT molecular complexity index is 1080. The normalized spacial score (nSPS) is 19.7. The number of rotatable bonds is 5. The van der Waals surface area contributed by atoms with E-state index >= 15 is 0 Å². The summed E-state index contributed by atoms with van der Waals surface area (Å²) in [4.78, 5) is 27.5. The highest BCUT2D eigenvalue weighted by molar-refractivity contribution is 7.89. The first-order valence-corrected chi connectivity index (χ1v) is 12.6. The van der Waals surface area contributed by atoms with Gasteiger partial charge in [-0.3, -0.25) is 9.59 Å². The number of benzene rings is 2. The Morgan fingerprint density at radius 2 is 1.56 bits per heavy atom. The minimum absolute atomic E-state index is 0.115. The van der Waals surface area contributed by atoms with Crippen molar-refractivity contribution in [2.45, 2.75) is 30.6 Å². The number of nitrogens with one attached hydrogen (secondary N) is 1. The van der Waals surface area contributed by atoms with Crippen molar-refractivity contribution in [2.24, 2.45) is 5.92 Å². The van der Waals surface area contributed by atoms with Crippen LogP contribution in [0.25, 0.3) is 0 Å². The van der Waals surface area contributed by atoms with Crippen molar-refractivity contribution in [1.82, 2.24) is 9.21 Å². The largest absolute Gasteiger partial charge is 0.338 e. The van der Waals surface area contributed by atoms with E-state index in [0.29, 0.717) is 48.9 Å². The standard InChI is InChI=1S/C23H26ClN3O4S/c24-19-7-5-17(6-8-19)23(29)26-13-3-4-18(16-26)22(28)25-20-9-11-21(12-10-20)32(30,31)27-14-1-2-15-27/h5-12,18H,1-4,13-16H2,(H,25,28)/t18-/m1/s1. The van der Waals surface area contributed by atoms with Crippen LogP contribution in [0.4, 0.5) is 5.69 Å². The molecule has 1 N–H and O–H groups in total. The molecular formula is C23H26ClN3O4S. The summed E-state index contributed by atoms with van der Waals surface area (Å²) in [7, 11) is -3.48. The highest BCUT2D eigenvalue weighted by Crippen LogP contribution is 2.24. The van der Waals surface area contributed by atoms with E-state index < -0.39 is 10.0 Å². The molecule has 1 atom stereocenters. The zero-order chi connectivity index (χ0) is 22.7. The summed E-state index contributed by atoms with van der Waals surface area (Å²) in [6.07, 6.45) is 3.20. The second kappa shape index (κ2) is 9.60. The average Bonchev–Trinajstić information content (AvgIpc) is 3.36. The van der Waals surface area contributed by atoms with Crippen molar-refractivity contribution >= 4 is 39.1 Å². The van der Waals surface area contributed by atoms with E-state index in [-0.39, 0.29) is 22.6 Å². The summed E-state index contributed by atoms with van der Waals surface area (Å²) >= 11 is 5.90. The molecule has 32 heavy (non-hydrogen) atoms. The van der Waals surface area contributed by atoms with Crippen LogP contribution in [-0.2, 0) is 14.8 Å². The predicted molar refractivity (Wildman–Crippen MR) is 123 cm³/mol. The maximum absolute atomic E-state index is 12.8. The van der Waals surface area contributed by atoms with Gasteiger partial charge in [0.1, 0.15) is 0 Å². The molecular weight excluding hydrogens is 450 g/mol. The monoisotopic (exact) mass is 475 g/mol. The molecule has 2 aromatic rings. The fourth-order valence-electron chi connectivity index (χ4n) is 4.18. The van der Waals surface area contributed by atoms with Crippen molar-refractivity contribution in [2.75, 3.05) is 31.5 Å². The van der Waals surface area contributed by atoms with Gasteiger partial charge in [-0.05, 0) is 74.2 Å². The van der Waals surface area contributed by atoms with Crippen molar-refractivity contribution in [1.29, 1.82) is 0 Å². The molecule has 0 saturated carbocycles. The Hall–Kier alpha value is -2.42. The molecule has 0 aromatic heterocycles. The van der Waals surface area contributed by atoms with E-state index in [1.54, 1.807) is 41.3 Å². The van der Waals surface area contributed by atoms with Crippen LogP contribution in [0.2, 0.25) is 5.02 Å². The van der Waals surface area contributed by atoms with Crippen LogP contribution in [-0.4, -0.2) is 55.6 Å². The Balaban J connectivity index is 1.38. The van der Waals surface area contributed by atoms with Crippen LogP contribution >= 0.6 is 11.6 Å². The lowest BCUT2D eigenvalue weighted by molar-refractivity contribution is -0.121. The number of sulfonamides is 1. The summed E-state index contributed by atoms with van der Waals surface area (Å²) in [6, 6.07) is 13.0. The van der Waals surface area contributed by atoms with Gasteiger partial charge in [0.15, 0.2) is 0 Å². The van der Waals surface area contributed by atoms with Gasteiger partial charge in [0.25, 0.3) is 5.91 Å². The Morgan fingerprint density at radius 3 is 2.22 bits per heavy atom. The predicted octanol–water partition coefficient (Wildman–Crippen LogP) is 3.62. The SMILES string of the molecule is O=C(Nc1ccc(S(=O)(=O)N2CCCC2)cc1)[C@@H]1CCCN(C(=O)c2ccc(Cl)cc2)C1. The van der Waals surface area contributed by atoms with Gasteiger partial charge in [-0.15, -0.1) is 0 Å². The minimum Gasteiger partial charge on any atom is -0.338 e. The Morgan fingerprint density at radius 1 is 0.906 bits per heavy atom. The molecule has 2 amide bonds. The second-order valence-electron chi connectivity index (χ2n) is 8.22. The molecule has 2 saturated heterocycles. The van der Waals surface area contributed by atoms with Gasteiger partial charge in [0.05, 0.1) is 10.8 Å². The number of hydrogen-bond acceptors (Lipinski definition) is 4. The zero-order valence-corrected chi connectivity index (χ0v) is 19.2. The van der Waals surface area contributed by atoms with Gasteiger partial charge in [0, 0.05) is 42.5 Å². The summed E-state index contributed by atoms with van der Waals surface area (Å²) in [5, 5.41) is 3.43. The molecule has 2 fully saturated rings. The van der Waals surface area contributed by atoms with Crippen LogP contribution in [0.3, 0.4) is 0 Å². The second-order valence-corrected chi connectivity index (χ2v) is 10.6. The number of hydrogen-bond donors (Lipinski definition) is 1. The number of carbonyl (C=O) groups is 2. The summed E-state index contributed by atoms with van der Waals surface area (Å²) < 4.78 is 26.8. The maximum atomic E-state index is 12.8. The molecule has 0 aliphatic carbocycles. The third-order valence-corrected chi connectivity index (χ3v) is 8.16. The smallest absolute Gasteiger partial charge is 0.253 e. The van der Waals surface area contributed by atoms with Crippen molar-refractivity contribution in [3.63, 3.8) is 0 Å². The Kier molecular flexibility index (Phi) is 6.83. The molecule has 0 radical (unpaired) electrons. The number of piperidine rings is 1. The van der Waals surface area contributed by atoms with Crippen molar-refractivity contribution in [3.05, 3.63) is 59.1 Å². The molecule has 2 aliphatic rings. The number of likely N-dealkylation sites (tertiary alicyclic amines) is 1. The number of halogens is 1. The van der Waals surface area contributed by atoms with Crippen LogP contribution in [0.15, 0.2) is 53.4 Å². The lowest BCUT2D eigenvalue weighted by atomic mass is 9.96. The first kappa shape index (κ1) is 22.8.